The molecule has 0 spiro atoms. The minimum atomic E-state index is 0.715. The molecular weight excluding hydrogens is 194 g/mol. The van der Waals surface area contributed by atoms with Gasteiger partial charge in [-0.1, -0.05) is 12.1 Å². The Morgan fingerprint density at radius 1 is 1.29 bits per heavy atom. The fourth-order valence-corrected chi connectivity index (χ4v) is 2.11. The minimum Gasteiger partial charge on any atom is -0.399 e. The van der Waals surface area contributed by atoms with Gasteiger partial charge in [-0.3, -0.25) is 4.79 Å². The normalized spacial score (nSPS) is 10.0. The van der Waals surface area contributed by atoms with Crippen molar-refractivity contribution in [3.05, 3.63) is 41.3 Å². The van der Waals surface area contributed by atoms with Gasteiger partial charge < -0.3 is 5.73 Å². The molecule has 0 fully saturated rings. The number of benzene rings is 1. The average Bonchev–Trinajstić information content (AvgIpc) is 2.66. The van der Waals surface area contributed by atoms with E-state index < -0.39 is 0 Å². The van der Waals surface area contributed by atoms with Crippen LogP contribution in [0.25, 0.3) is 10.4 Å². The van der Waals surface area contributed by atoms with Crippen LogP contribution in [0.1, 0.15) is 10.4 Å². The molecule has 0 saturated heterocycles. The first-order valence-corrected chi connectivity index (χ1v) is 5.07. The zero-order chi connectivity index (χ0) is 9.97. The van der Waals surface area contributed by atoms with E-state index in [1.165, 1.54) is 0 Å². The maximum absolute atomic E-state index is 10.5. The molecule has 2 aromatic rings. The van der Waals surface area contributed by atoms with Crippen molar-refractivity contribution < 1.29 is 4.79 Å². The maximum Gasteiger partial charge on any atom is 0.150 e. The molecule has 0 radical (unpaired) electrons. The van der Waals surface area contributed by atoms with Crippen LogP contribution in [-0.2, 0) is 0 Å². The first kappa shape index (κ1) is 8.97. The van der Waals surface area contributed by atoms with E-state index in [9.17, 15) is 4.79 Å². The predicted octanol–water partition coefficient (Wildman–Crippen LogP) is 2.81. The Morgan fingerprint density at radius 3 is 2.79 bits per heavy atom. The highest BCUT2D eigenvalue weighted by Crippen LogP contribution is 2.27. The number of hydrogen-bond acceptors (Lipinski definition) is 3. The maximum atomic E-state index is 10.5. The van der Waals surface area contributed by atoms with Gasteiger partial charge in [0.15, 0.2) is 6.29 Å². The zero-order valence-electron chi connectivity index (χ0n) is 7.44. The molecule has 0 saturated carbocycles. The molecule has 0 aliphatic carbocycles. The topological polar surface area (TPSA) is 43.1 Å². The van der Waals surface area contributed by atoms with Crippen molar-refractivity contribution in [3.63, 3.8) is 0 Å². The van der Waals surface area contributed by atoms with Crippen LogP contribution < -0.4 is 5.73 Å². The molecule has 3 heteroatoms. The minimum absolute atomic E-state index is 0.715. The summed E-state index contributed by atoms with van der Waals surface area (Å²) in [5.74, 6) is 0. The molecule has 0 amide bonds. The van der Waals surface area contributed by atoms with Crippen molar-refractivity contribution >= 4 is 23.3 Å². The molecule has 0 bridgehead atoms. The van der Waals surface area contributed by atoms with E-state index >= 15 is 0 Å². The fraction of sp³-hybridized carbons (Fsp3) is 0. The molecule has 1 aromatic carbocycles. The molecule has 2 N–H and O–H groups in total. The van der Waals surface area contributed by atoms with Crippen LogP contribution in [0, 0.1) is 0 Å². The van der Waals surface area contributed by atoms with Gasteiger partial charge >= 0.3 is 0 Å². The summed E-state index contributed by atoms with van der Waals surface area (Å²) >= 11 is 1.55. The zero-order valence-corrected chi connectivity index (χ0v) is 8.25. The Hall–Kier alpha value is -1.61. The molecule has 0 aliphatic heterocycles. The summed E-state index contributed by atoms with van der Waals surface area (Å²) in [6.45, 7) is 0. The number of nitrogens with two attached hydrogens (primary N) is 1. The number of hydrogen-bond donors (Lipinski definition) is 1. The second-order valence-electron chi connectivity index (χ2n) is 2.99. The van der Waals surface area contributed by atoms with Crippen molar-refractivity contribution in [2.75, 3.05) is 5.73 Å². The Balaban J connectivity index is 2.43. The van der Waals surface area contributed by atoms with Crippen LogP contribution >= 0.6 is 11.3 Å². The number of carbonyl (C=O) groups excluding carboxylic acids is 1. The van der Waals surface area contributed by atoms with Gasteiger partial charge in [0.1, 0.15) is 0 Å². The monoisotopic (exact) mass is 203 g/mol. The van der Waals surface area contributed by atoms with E-state index in [4.69, 9.17) is 5.73 Å². The molecule has 0 aliphatic rings. The van der Waals surface area contributed by atoms with Gasteiger partial charge in [0, 0.05) is 21.5 Å². The van der Waals surface area contributed by atoms with Crippen LogP contribution in [0.4, 0.5) is 5.69 Å². The first-order chi connectivity index (χ1) is 6.79. The smallest absolute Gasteiger partial charge is 0.150 e. The number of carbonyl (C=O) groups is 1. The Bertz CT molecular complexity index is 462. The van der Waals surface area contributed by atoms with E-state index in [1.54, 1.807) is 11.3 Å². The largest absolute Gasteiger partial charge is 0.399 e. The van der Waals surface area contributed by atoms with E-state index in [0.717, 1.165) is 22.4 Å². The third-order valence-corrected chi connectivity index (χ3v) is 2.92. The summed E-state index contributed by atoms with van der Waals surface area (Å²) in [5, 5.41) is 1.84. The van der Waals surface area contributed by atoms with E-state index in [1.807, 2.05) is 35.7 Å². The SMILES string of the molecule is Nc1cccc(-c2cc(C=O)cs2)c1. The van der Waals surface area contributed by atoms with Crippen molar-refractivity contribution in [1.29, 1.82) is 0 Å². The number of rotatable bonds is 2. The summed E-state index contributed by atoms with van der Waals surface area (Å²) in [5.41, 5.74) is 8.18. The molecule has 2 rings (SSSR count). The Kier molecular flexibility index (Phi) is 2.33. The first-order valence-electron chi connectivity index (χ1n) is 4.19. The molecule has 2 nitrogen and oxygen atoms in total. The van der Waals surface area contributed by atoms with Gasteiger partial charge in [-0.05, 0) is 23.8 Å². The number of anilines is 1. The van der Waals surface area contributed by atoms with Crippen molar-refractivity contribution in [2.24, 2.45) is 0 Å². The van der Waals surface area contributed by atoms with Gasteiger partial charge in [-0.15, -0.1) is 11.3 Å². The molecule has 70 valence electrons. The predicted molar refractivity (Wildman–Crippen MR) is 59.6 cm³/mol. The number of nitrogen functional groups attached to an aromatic ring is 1. The molecule has 0 unspecified atom stereocenters. The summed E-state index contributed by atoms with van der Waals surface area (Å²) in [6, 6.07) is 9.51. The van der Waals surface area contributed by atoms with Gasteiger partial charge in [0.2, 0.25) is 0 Å². The molecular formula is C11H9NOS. The fourth-order valence-electron chi connectivity index (χ4n) is 1.26. The summed E-state index contributed by atoms with van der Waals surface area (Å²) < 4.78 is 0. The van der Waals surface area contributed by atoms with E-state index in [2.05, 4.69) is 0 Å². The van der Waals surface area contributed by atoms with Crippen molar-refractivity contribution in [1.82, 2.24) is 0 Å². The van der Waals surface area contributed by atoms with Crippen molar-refractivity contribution in [3.8, 4) is 10.4 Å². The molecule has 0 atom stereocenters. The number of thiophene rings is 1. The lowest BCUT2D eigenvalue weighted by Gasteiger charge is -1.97. The lowest BCUT2D eigenvalue weighted by molar-refractivity contribution is 0.112. The van der Waals surface area contributed by atoms with E-state index in [0.29, 0.717) is 5.56 Å². The summed E-state index contributed by atoms with van der Waals surface area (Å²) in [4.78, 5) is 11.6. The Morgan fingerprint density at radius 2 is 2.14 bits per heavy atom. The quantitative estimate of drug-likeness (QED) is 0.602. The summed E-state index contributed by atoms with van der Waals surface area (Å²) in [7, 11) is 0. The van der Waals surface area contributed by atoms with E-state index in [-0.39, 0.29) is 0 Å². The lowest BCUT2D eigenvalue weighted by Crippen LogP contribution is -1.83. The van der Waals surface area contributed by atoms with Gasteiger partial charge in [0.05, 0.1) is 0 Å². The lowest BCUT2D eigenvalue weighted by atomic mass is 10.1. The molecule has 1 heterocycles. The van der Waals surface area contributed by atoms with Crippen LogP contribution in [-0.4, -0.2) is 6.29 Å². The molecule has 1 aromatic heterocycles. The Labute approximate surface area is 86.0 Å². The number of aldehydes is 1. The van der Waals surface area contributed by atoms with Crippen LogP contribution in [0.2, 0.25) is 0 Å². The van der Waals surface area contributed by atoms with Gasteiger partial charge in [0.25, 0.3) is 0 Å². The van der Waals surface area contributed by atoms with Crippen LogP contribution in [0.5, 0.6) is 0 Å². The second-order valence-corrected chi connectivity index (χ2v) is 3.90. The van der Waals surface area contributed by atoms with Gasteiger partial charge in [-0.25, -0.2) is 0 Å². The standard InChI is InChI=1S/C11H9NOS/c12-10-3-1-2-9(5-10)11-4-8(6-13)7-14-11/h1-7H,12H2. The van der Waals surface area contributed by atoms with Crippen LogP contribution in [0.15, 0.2) is 35.7 Å². The average molecular weight is 203 g/mol. The third-order valence-electron chi connectivity index (χ3n) is 1.93. The van der Waals surface area contributed by atoms with Crippen LogP contribution in [0.3, 0.4) is 0 Å². The highest BCUT2D eigenvalue weighted by molar-refractivity contribution is 7.13. The summed E-state index contributed by atoms with van der Waals surface area (Å²) in [6.07, 6.45) is 0.853. The van der Waals surface area contributed by atoms with Crippen molar-refractivity contribution in [2.45, 2.75) is 0 Å². The highest BCUT2D eigenvalue weighted by Gasteiger charge is 2.01. The van der Waals surface area contributed by atoms with Gasteiger partial charge in [-0.2, -0.15) is 0 Å². The third kappa shape index (κ3) is 1.67. The molecule has 14 heavy (non-hydrogen) atoms. The second kappa shape index (κ2) is 3.64. The highest BCUT2D eigenvalue weighted by atomic mass is 32.1.